The molecule has 0 aliphatic heterocycles. The average molecular weight is 915 g/mol. The third-order valence-corrected chi connectivity index (χ3v) is 12.6. The van der Waals surface area contributed by atoms with Gasteiger partial charge in [-0.05, 0) is 120 Å². The van der Waals surface area contributed by atoms with E-state index in [1.165, 1.54) is 50.3 Å². The van der Waals surface area contributed by atoms with Crippen molar-refractivity contribution in [2.75, 3.05) is 0 Å². The molecule has 0 bridgehead atoms. The van der Waals surface area contributed by atoms with Gasteiger partial charge in [0.2, 0.25) is 0 Å². The predicted molar refractivity (Wildman–Crippen MR) is 197 cm³/mol. The van der Waals surface area contributed by atoms with Gasteiger partial charge in [0.15, 0.2) is 24.8 Å². The van der Waals surface area contributed by atoms with E-state index < -0.39 is 31.3 Å². The Morgan fingerprint density at radius 1 is 0.673 bits per heavy atom. The second kappa shape index (κ2) is 18.3. The van der Waals surface area contributed by atoms with Gasteiger partial charge in [0.05, 0.1) is 10.9 Å². The van der Waals surface area contributed by atoms with Crippen LogP contribution in [0.5, 0.6) is 0 Å². The number of hydrogen-bond acceptors (Lipinski definition) is 6. The molecule has 17 heteroatoms. The van der Waals surface area contributed by atoms with Crippen LogP contribution in [0.4, 0.5) is 26.3 Å². The molecule has 5 rings (SSSR count). The fourth-order valence-electron chi connectivity index (χ4n) is 4.36. The Bertz CT molecular complexity index is 2050. The fraction of sp³-hybridized carbons (Fsp3) is 0.143. The molecule has 1 N–H and O–H groups in total. The summed E-state index contributed by atoms with van der Waals surface area (Å²) in [6, 6.07) is 44.4. The Morgan fingerprint density at radius 2 is 1.06 bits per heavy atom. The lowest BCUT2D eigenvalue weighted by atomic mass is 10.0. The molecule has 0 aliphatic rings. The second-order valence-electron chi connectivity index (χ2n) is 10.7. The first-order chi connectivity index (χ1) is 24.1. The molecule has 0 aromatic heterocycles. The maximum Gasteiger partial charge on any atom is 0.522 e. The van der Waals surface area contributed by atoms with E-state index in [-0.39, 0.29) is 10.9 Å². The molecule has 5 aromatic rings. The third-order valence-electron chi connectivity index (χ3n) is 6.62. The Labute approximate surface area is 318 Å². The van der Waals surface area contributed by atoms with Crippen molar-refractivity contribution in [3.05, 3.63) is 147 Å². The molecule has 0 aliphatic carbocycles. The number of halogens is 7. The summed E-state index contributed by atoms with van der Waals surface area (Å²) >= 11 is 4.31. The van der Waals surface area contributed by atoms with Crippen LogP contribution in [0.1, 0.15) is 22.3 Å². The Balaban J connectivity index is 0.000000380. The van der Waals surface area contributed by atoms with Crippen LogP contribution in [-0.4, -0.2) is 37.0 Å². The predicted octanol–water partition coefficient (Wildman–Crippen LogP) is 10.2. The minimum Gasteiger partial charge on any atom is -0.741 e. The molecule has 278 valence electrons. The van der Waals surface area contributed by atoms with Gasteiger partial charge in [-0.15, -0.1) is 0 Å². The number of hydrogen-bond donors (Lipinski definition) is 1. The molecule has 0 heterocycles. The molecule has 0 spiro atoms. The molecule has 0 saturated heterocycles. The molecule has 6 nitrogen and oxygen atoms in total. The number of alkyl halides is 6. The van der Waals surface area contributed by atoms with E-state index in [9.17, 15) is 26.3 Å². The zero-order valence-corrected chi connectivity index (χ0v) is 32.4. The lowest BCUT2D eigenvalue weighted by Gasteiger charge is -2.10. The van der Waals surface area contributed by atoms with Crippen molar-refractivity contribution in [2.24, 2.45) is 0 Å². The van der Waals surface area contributed by atoms with Crippen LogP contribution in [-0.2, 0) is 37.6 Å². The van der Waals surface area contributed by atoms with Gasteiger partial charge in [-0.25, -0.2) is 8.42 Å². The number of aryl methyl sites for hydroxylation is 2. The highest BCUT2D eigenvalue weighted by Gasteiger charge is 2.44. The van der Waals surface area contributed by atoms with Crippen LogP contribution in [0.3, 0.4) is 0 Å². The monoisotopic (exact) mass is 914 g/mol. The summed E-state index contributed by atoms with van der Waals surface area (Å²) in [5.74, 6) is 0. The summed E-state index contributed by atoms with van der Waals surface area (Å²) in [6.07, 6.45) is 0.974. The Hall–Kier alpha value is -3.07. The van der Waals surface area contributed by atoms with Crippen molar-refractivity contribution < 1.29 is 52.3 Å². The van der Waals surface area contributed by atoms with Gasteiger partial charge in [0, 0.05) is 13.4 Å². The fourth-order valence-corrected chi connectivity index (χ4v) is 7.77. The summed E-state index contributed by atoms with van der Waals surface area (Å²) in [5.41, 5.74) is -5.71. The van der Waals surface area contributed by atoms with Crippen LogP contribution in [0.15, 0.2) is 146 Å². The maximum atomic E-state index is 10.7. The van der Waals surface area contributed by atoms with Crippen molar-refractivity contribution in [3.8, 4) is 0 Å². The van der Waals surface area contributed by atoms with Crippen molar-refractivity contribution in [1.82, 2.24) is 0 Å². The molecule has 5 aromatic carbocycles. The van der Waals surface area contributed by atoms with E-state index in [1.807, 2.05) is 11.8 Å². The van der Waals surface area contributed by atoms with E-state index >= 15 is 0 Å². The zero-order valence-electron chi connectivity index (χ0n) is 27.0. The van der Waals surface area contributed by atoms with E-state index in [0.29, 0.717) is 0 Å². The van der Waals surface area contributed by atoms with Crippen LogP contribution in [0.25, 0.3) is 0 Å². The van der Waals surface area contributed by atoms with Gasteiger partial charge in [-0.3, -0.25) is 4.55 Å². The van der Waals surface area contributed by atoms with Crippen LogP contribution in [0.2, 0.25) is 0 Å². The van der Waals surface area contributed by atoms with Gasteiger partial charge in [0.1, 0.15) is 0 Å². The molecule has 0 radical (unpaired) electrons. The third kappa shape index (κ3) is 13.1. The largest absolute Gasteiger partial charge is 0.741 e. The van der Waals surface area contributed by atoms with Crippen LogP contribution >= 0.6 is 34.4 Å². The van der Waals surface area contributed by atoms with E-state index in [4.69, 9.17) is 25.9 Å². The highest BCUT2D eigenvalue weighted by atomic mass is 127. The SMILES string of the molecule is Cc1cc(C)c(I)c(Cc2ccc(Sc3ccc([S+](c4ccccc4)c4ccccc4)cc3)cc2)c1.O=S(=O)(O)C(F)(F)F.O=S(=O)([O-])C(F)(F)F. The topological polar surface area (TPSA) is 112 Å². The summed E-state index contributed by atoms with van der Waals surface area (Å²) in [7, 11) is -12.0. The Kier molecular flexibility index (Phi) is 15.3. The first-order valence-electron chi connectivity index (χ1n) is 14.6. The summed E-state index contributed by atoms with van der Waals surface area (Å²) in [6.45, 7) is 4.38. The van der Waals surface area contributed by atoms with Crippen LogP contribution < -0.4 is 0 Å². The normalized spacial score (nSPS) is 12.0. The van der Waals surface area contributed by atoms with Crippen molar-refractivity contribution in [2.45, 2.75) is 55.8 Å². The molecule has 0 saturated carbocycles. The maximum absolute atomic E-state index is 10.7. The highest BCUT2D eigenvalue weighted by Crippen LogP contribution is 2.34. The lowest BCUT2D eigenvalue weighted by Crippen LogP contribution is -2.21. The first kappa shape index (κ1) is 43.3. The molecular weight excluding hydrogens is 886 g/mol. The quantitative estimate of drug-likeness (QED) is 0.0569. The molecule has 0 amide bonds. The summed E-state index contributed by atoms with van der Waals surface area (Å²) in [5, 5.41) is 0. The second-order valence-corrected chi connectivity index (χ2v) is 17.7. The van der Waals surface area contributed by atoms with E-state index in [0.717, 1.165) is 6.42 Å². The lowest BCUT2D eigenvalue weighted by molar-refractivity contribution is -0.0519. The van der Waals surface area contributed by atoms with Gasteiger partial charge in [-0.1, -0.05) is 78.0 Å². The molecular formula is C35H29F6IO6S4. The zero-order chi connectivity index (χ0) is 38.9. The van der Waals surface area contributed by atoms with Gasteiger partial charge < -0.3 is 4.55 Å². The molecule has 52 heavy (non-hydrogen) atoms. The van der Waals surface area contributed by atoms with Crippen LogP contribution in [0, 0.1) is 17.4 Å². The molecule has 0 fully saturated rings. The van der Waals surface area contributed by atoms with Gasteiger partial charge >= 0.3 is 21.1 Å². The number of rotatable bonds is 7. The first-order valence-corrected chi connectivity index (χ1v) is 20.6. The van der Waals surface area contributed by atoms with Crippen molar-refractivity contribution in [1.29, 1.82) is 0 Å². The van der Waals surface area contributed by atoms with E-state index in [2.05, 4.69) is 158 Å². The Morgan fingerprint density at radius 3 is 1.44 bits per heavy atom. The highest BCUT2D eigenvalue weighted by molar-refractivity contribution is 14.1. The molecule has 0 unspecified atom stereocenters. The molecule has 0 atom stereocenters. The van der Waals surface area contributed by atoms with Gasteiger partial charge in [-0.2, -0.15) is 34.8 Å². The van der Waals surface area contributed by atoms with Crippen molar-refractivity contribution in [3.63, 3.8) is 0 Å². The van der Waals surface area contributed by atoms with Crippen molar-refractivity contribution >= 4 is 65.5 Å². The standard InChI is InChI=1S/C33H28IS2.2CHF3O3S/c1-24-21-25(2)33(34)27(22-24)23-26-13-15-28(16-14-26)35-29-17-19-32(20-18-29)36(30-9-5-3-6-10-30)31-11-7-4-8-12-31;2*2-1(3,4)8(5,6)7/h3-22H,23H2,1-2H3;2*(H,5,6,7)/q+1;;/p-1. The summed E-state index contributed by atoms with van der Waals surface area (Å²) in [4.78, 5) is 6.57. The minimum atomic E-state index is -6.09. The number of benzene rings is 5. The van der Waals surface area contributed by atoms with Gasteiger partial charge in [0.25, 0.3) is 0 Å². The van der Waals surface area contributed by atoms with E-state index in [1.54, 1.807) is 0 Å². The summed E-state index contributed by atoms with van der Waals surface area (Å²) < 4.78 is 118. The minimum absolute atomic E-state index is 0.107. The average Bonchev–Trinajstić information content (AvgIpc) is 3.05. The smallest absolute Gasteiger partial charge is 0.522 e.